The molecule has 0 bridgehead atoms. The Morgan fingerprint density at radius 3 is 2.58 bits per heavy atom. The molecule has 164 valence electrons. The van der Waals surface area contributed by atoms with E-state index in [0.717, 1.165) is 16.7 Å². The van der Waals surface area contributed by atoms with Crippen molar-refractivity contribution in [2.75, 3.05) is 6.61 Å². The summed E-state index contributed by atoms with van der Waals surface area (Å²) < 4.78 is 10.6. The number of hydrogen-bond acceptors (Lipinski definition) is 5. The largest absolute Gasteiger partial charge is 0.370 e. The van der Waals surface area contributed by atoms with Crippen molar-refractivity contribution >= 4 is 16.6 Å². The van der Waals surface area contributed by atoms with Gasteiger partial charge in [0.1, 0.15) is 0 Å². The Morgan fingerprint density at radius 2 is 1.94 bits per heavy atom. The van der Waals surface area contributed by atoms with E-state index in [1.165, 1.54) is 17.7 Å². The normalized spacial score (nSPS) is 16.1. The molecule has 0 saturated carbocycles. The Balaban J connectivity index is 2.17. The van der Waals surface area contributed by atoms with Crippen LogP contribution in [-0.4, -0.2) is 25.2 Å². The van der Waals surface area contributed by atoms with Gasteiger partial charge in [-0.3, -0.25) is 24.0 Å². The minimum Gasteiger partial charge on any atom is -0.370 e. The third kappa shape index (κ3) is 3.20. The Labute approximate surface area is 178 Å². The van der Waals surface area contributed by atoms with Crippen LogP contribution in [0.25, 0.3) is 22.2 Å². The van der Waals surface area contributed by atoms with Crippen molar-refractivity contribution in [3.8, 4) is 11.3 Å². The quantitative estimate of drug-likeness (QED) is 0.471. The predicted octanol–water partition coefficient (Wildman–Crippen LogP) is 3.04. The fourth-order valence-electron chi connectivity index (χ4n) is 4.53. The van der Waals surface area contributed by atoms with Gasteiger partial charge in [0.2, 0.25) is 0 Å². The van der Waals surface area contributed by atoms with Gasteiger partial charge >= 0.3 is 5.69 Å². The molecular weight excluding hydrogens is 400 g/mol. The number of fused-ring (bicyclic) bond motifs is 3. The van der Waals surface area contributed by atoms with Gasteiger partial charge in [0.25, 0.3) is 11.2 Å². The van der Waals surface area contributed by atoms with Crippen LogP contribution < -0.4 is 11.2 Å². The summed E-state index contributed by atoms with van der Waals surface area (Å²) in [6, 6.07) is 4.99. The van der Waals surface area contributed by atoms with Gasteiger partial charge in [0, 0.05) is 37.8 Å². The molecule has 1 aliphatic rings. The number of rotatable bonds is 4. The van der Waals surface area contributed by atoms with E-state index in [2.05, 4.69) is 13.8 Å². The van der Waals surface area contributed by atoms with Gasteiger partial charge in [-0.15, -0.1) is 0 Å². The maximum Gasteiger partial charge on any atom is 0.331 e. The van der Waals surface area contributed by atoms with Crippen molar-refractivity contribution in [2.24, 2.45) is 20.0 Å². The van der Waals surface area contributed by atoms with Crippen LogP contribution in [0.5, 0.6) is 0 Å². The summed E-state index contributed by atoms with van der Waals surface area (Å²) in [4.78, 5) is 37.2. The highest BCUT2D eigenvalue weighted by Gasteiger charge is 2.32. The maximum atomic E-state index is 13.3. The second kappa shape index (κ2) is 7.49. The number of aryl methyl sites for hydroxylation is 2. The van der Waals surface area contributed by atoms with E-state index in [0.29, 0.717) is 46.8 Å². The summed E-state index contributed by atoms with van der Waals surface area (Å²) >= 11 is 0. The van der Waals surface area contributed by atoms with E-state index < -0.39 is 16.2 Å². The lowest BCUT2D eigenvalue weighted by atomic mass is 10.0. The second-order valence-corrected chi connectivity index (χ2v) is 8.56. The lowest BCUT2D eigenvalue weighted by Gasteiger charge is -2.28. The molecule has 9 heteroatoms. The van der Waals surface area contributed by atoms with E-state index in [1.807, 2.05) is 4.57 Å². The number of nitro groups is 1. The highest BCUT2D eigenvalue weighted by Crippen LogP contribution is 2.41. The van der Waals surface area contributed by atoms with Gasteiger partial charge in [0.05, 0.1) is 39.9 Å². The summed E-state index contributed by atoms with van der Waals surface area (Å²) in [5.41, 5.74) is 2.21. The van der Waals surface area contributed by atoms with Crippen LogP contribution >= 0.6 is 0 Å². The van der Waals surface area contributed by atoms with Crippen LogP contribution in [0.2, 0.25) is 0 Å². The molecule has 3 aromatic rings. The number of nitro benzene ring substituents is 1. The van der Waals surface area contributed by atoms with Gasteiger partial charge in [-0.05, 0) is 19.3 Å². The molecule has 4 rings (SSSR count). The molecule has 0 amide bonds. The van der Waals surface area contributed by atoms with Crippen LogP contribution in [0.1, 0.15) is 37.6 Å². The van der Waals surface area contributed by atoms with Crippen LogP contribution in [0.4, 0.5) is 5.69 Å². The SMILES string of the molecule is Cc1ccc(-c2c3c(=O)n(C)c(=O)n(C)c3c3n2CCOC3CC(C)C)cc1[N+](=O)[O-]. The van der Waals surface area contributed by atoms with Crippen molar-refractivity contribution in [1.82, 2.24) is 13.7 Å². The van der Waals surface area contributed by atoms with Crippen LogP contribution in [0.15, 0.2) is 27.8 Å². The molecule has 1 aromatic carbocycles. The maximum absolute atomic E-state index is 13.3. The van der Waals surface area contributed by atoms with Gasteiger partial charge in [0.15, 0.2) is 0 Å². The molecule has 31 heavy (non-hydrogen) atoms. The van der Waals surface area contributed by atoms with Crippen LogP contribution in [0.3, 0.4) is 0 Å². The zero-order valence-corrected chi connectivity index (χ0v) is 18.3. The monoisotopic (exact) mass is 426 g/mol. The molecule has 0 aliphatic carbocycles. The first kappa shape index (κ1) is 21.0. The fourth-order valence-corrected chi connectivity index (χ4v) is 4.53. The number of hydrogen-bond donors (Lipinski definition) is 0. The van der Waals surface area contributed by atoms with E-state index in [1.54, 1.807) is 26.1 Å². The van der Waals surface area contributed by atoms with Crippen molar-refractivity contribution in [3.05, 3.63) is 60.4 Å². The molecule has 0 N–H and O–H groups in total. The van der Waals surface area contributed by atoms with E-state index in [4.69, 9.17) is 4.74 Å². The molecule has 3 heterocycles. The lowest BCUT2D eigenvalue weighted by Crippen LogP contribution is -2.37. The predicted molar refractivity (Wildman–Crippen MR) is 117 cm³/mol. The summed E-state index contributed by atoms with van der Waals surface area (Å²) in [5.74, 6) is 0.342. The summed E-state index contributed by atoms with van der Waals surface area (Å²) in [6.45, 7) is 6.82. The first-order valence-electron chi connectivity index (χ1n) is 10.3. The standard InChI is InChI=1S/C22H26N4O5/c1-12(2)10-16-19-20-17(21(27)24(5)22(28)23(20)4)18(25(19)8-9-31-16)14-7-6-13(3)15(11-14)26(29)30/h6-7,11-12,16H,8-10H2,1-5H3. The smallest absolute Gasteiger partial charge is 0.331 e. The van der Waals surface area contributed by atoms with Crippen molar-refractivity contribution < 1.29 is 9.66 Å². The van der Waals surface area contributed by atoms with Gasteiger partial charge < -0.3 is 9.30 Å². The van der Waals surface area contributed by atoms with E-state index >= 15 is 0 Å². The molecule has 1 unspecified atom stereocenters. The van der Waals surface area contributed by atoms with Crippen molar-refractivity contribution in [3.63, 3.8) is 0 Å². The average Bonchev–Trinajstić information content (AvgIpc) is 3.07. The average molecular weight is 426 g/mol. The van der Waals surface area contributed by atoms with E-state index in [-0.39, 0.29) is 11.8 Å². The fraction of sp³-hybridized carbons (Fsp3) is 0.455. The molecule has 1 atom stereocenters. The Hall–Kier alpha value is -3.20. The summed E-state index contributed by atoms with van der Waals surface area (Å²) in [7, 11) is 3.09. The number of nitrogens with zero attached hydrogens (tertiary/aromatic N) is 4. The molecule has 0 radical (unpaired) electrons. The molecular formula is C22H26N4O5. The summed E-state index contributed by atoms with van der Waals surface area (Å²) in [5, 5.41) is 11.9. The zero-order chi connectivity index (χ0) is 22.6. The minimum atomic E-state index is -0.417. The number of aromatic nitrogens is 3. The Kier molecular flexibility index (Phi) is 5.09. The highest BCUT2D eigenvalue weighted by atomic mass is 16.6. The van der Waals surface area contributed by atoms with E-state index in [9.17, 15) is 19.7 Å². The second-order valence-electron chi connectivity index (χ2n) is 8.56. The summed E-state index contributed by atoms with van der Waals surface area (Å²) in [6.07, 6.45) is 0.457. The highest BCUT2D eigenvalue weighted by molar-refractivity contribution is 5.96. The first-order valence-corrected chi connectivity index (χ1v) is 10.3. The Morgan fingerprint density at radius 1 is 1.23 bits per heavy atom. The molecule has 1 aliphatic heterocycles. The molecule has 0 saturated heterocycles. The molecule has 0 spiro atoms. The first-order chi connectivity index (χ1) is 14.6. The van der Waals surface area contributed by atoms with Gasteiger partial charge in [-0.25, -0.2) is 4.79 Å². The minimum absolute atomic E-state index is 0.00589. The molecule has 2 aromatic heterocycles. The topological polar surface area (TPSA) is 101 Å². The van der Waals surface area contributed by atoms with Crippen LogP contribution in [-0.2, 0) is 25.4 Å². The Bertz CT molecular complexity index is 1330. The molecule has 0 fully saturated rings. The van der Waals surface area contributed by atoms with Crippen LogP contribution in [0, 0.1) is 23.0 Å². The third-order valence-electron chi connectivity index (χ3n) is 6.01. The number of benzene rings is 1. The van der Waals surface area contributed by atoms with Gasteiger partial charge in [-0.1, -0.05) is 26.0 Å². The lowest BCUT2D eigenvalue weighted by molar-refractivity contribution is -0.385. The van der Waals surface area contributed by atoms with Crippen molar-refractivity contribution in [1.29, 1.82) is 0 Å². The van der Waals surface area contributed by atoms with Gasteiger partial charge in [-0.2, -0.15) is 0 Å². The zero-order valence-electron chi connectivity index (χ0n) is 18.3. The third-order valence-corrected chi connectivity index (χ3v) is 6.01. The number of ether oxygens (including phenoxy) is 1. The molecule has 9 nitrogen and oxygen atoms in total. The van der Waals surface area contributed by atoms with Crippen molar-refractivity contribution in [2.45, 2.75) is 39.8 Å².